The molecule has 3 heteroatoms. The van der Waals surface area contributed by atoms with E-state index in [1.54, 1.807) is 19.1 Å². The van der Waals surface area contributed by atoms with Crippen LogP contribution < -0.4 is 0 Å². The van der Waals surface area contributed by atoms with Gasteiger partial charge in [-0.3, -0.25) is 0 Å². The van der Waals surface area contributed by atoms with Crippen LogP contribution in [0.1, 0.15) is 26.2 Å². The maximum Gasteiger partial charge on any atom is 0.0996 e. The summed E-state index contributed by atoms with van der Waals surface area (Å²) < 4.78 is 13.2. The highest BCUT2D eigenvalue weighted by molar-refractivity contribution is 5.34. The van der Waals surface area contributed by atoms with Gasteiger partial charge in [0.05, 0.1) is 18.3 Å². The Kier molecular flexibility index (Phi) is 6.08. The first kappa shape index (κ1) is 15.2. The van der Waals surface area contributed by atoms with Crippen molar-refractivity contribution in [2.75, 3.05) is 13.6 Å². The predicted octanol–water partition coefficient (Wildman–Crippen LogP) is 4.11. The standard InChI is InChI=1S/C16H21FN2/c1-4-13(6-7-15(17)5-2)16-9-11-19(3)12-14(16)8-10-18/h4,6-7,12,16H,1,5,8-9,11H2,2-3H3/b13-6+,15-7+. The van der Waals surface area contributed by atoms with E-state index in [0.717, 1.165) is 24.1 Å². The van der Waals surface area contributed by atoms with Crippen molar-refractivity contribution in [2.24, 2.45) is 5.92 Å². The molecule has 1 aliphatic heterocycles. The van der Waals surface area contributed by atoms with Gasteiger partial charge in [0.2, 0.25) is 0 Å². The Balaban J connectivity index is 3.00. The second-order valence-electron chi connectivity index (χ2n) is 4.70. The van der Waals surface area contributed by atoms with Gasteiger partial charge in [0, 0.05) is 19.5 Å². The highest BCUT2D eigenvalue weighted by Crippen LogP contribution is 2.31. The minimum absolute atomic E-state index is 0.141. The molecule has 1 unspecified atom stereocenters. The lowest BCUT2D eigenvalue weighted by Crippen LogP contribution is -2.25. The number of halogens is 1. The normalized spacial score (nSPS) is 20.8. The molecular weight excluding hydrogens is 239 g/mol. The fourth-order valence-electron chi connectivity index (χ4n) is 2.23. The van der Waals surface area contributed by atoms with Crippen LogP contribution >= 0.6 is 0 Å². The molecule has 1 heterocycles. The highest BCUT2D eigenvalue weighted by Gasteiger charge is 2.21. The van der Waals surface area contributed by atoms with E-state index in [0.29, 0.717) is 12.8 Å². The third kappa shape index (κ3) is 4.40. The Hall–Kier alpha value is -1.82. The van der Waals surface area contributed by atoms with Gasteiger partial charge in [0.15, 0.2) is 0 Å². The van der Waals surface area contributed by atoms with Gasteiger partial charge in [-0.05, 0) is 36.3 Å². The van der Waals surface area contributed by atoms with Crippen LogP contribution in [0.2, 0.25) is 0 Å². The van der Waals surface area contributed by atoms with Crippen molar-refractivity contribution in [2.45, 2.75) is 26.2 Å². The summed E-state index contributed by atoms with van der Waals surface area (Å²) in [5.74, 6) is 0.0346. The summed E-state index contributed by atoms with van der Waals surface area (Å²) >= 11 is 0. The van der Waals surface area contributed by atoms with E-state index in [1.807, 2.05) is 13.2 Å². The SMILES string of the molecule is C=C/C(=C\C=C(\F)CC)C1CCN(C)C=C1CC#N. The second-order valence-corrected chi connectivity index (χ2v) is 4.70. The van der Waals surface area contributed by atoms with E-state index in [1.165, 1.54) is 6.08 Å². The molecule has 0 aromatic carbocycles. The molecule has 19 heavy (non-hydrogen) atoms. The molecular formula is C16H21FN2. The lowest BCUT2D eigenvalue weighted by Gasteiger charge is -2.30. The van der Waals surface area contributed by atoms with Gasteiger partial charge in [0.1, 0.15) is 0 Å². The lowest BCUT2D eigenvalue weighted by atomic mass is 9.84. The van der Waals surface area contributed by atoms with E-state index >= 15 is 0 Å². The van der Waals surface area contributed by atoms with Crippen LogP contribution in [0.3, 0.4) is 0 Å². The molecule has 0 N–H and O–H groups in total. The maximum atomic E-state index is 13.2. The lowest BCUT2D eigenvalue weighted by molar-refractivity contribution is 0.380. The van der Waals surface area contributed by atoms with Gasteiger partial charge in [-0.2, -0.15) is 5.26 Å². The molecule has 1 rings (SSSR count). The molecule has 0 bridgehead atoms. The van der Waals surface area contributed by atoms with Crippen molar-refractivity contribution in [3.63, 3.8) is 0 Å². The van der Waals surface area contributed by atoms with Gasteiger partial charge in [-0.15, -0.1) is 0 Å². The first-order valence-corrected chi connectivity index (χ1v) is 6.58. The molecule has 1 atom stereocenters. The fourth-order valence-corrected chi connectivity index (χ4v) is 2.23. The minimum Gasteiger partial charge on any atom is -0.380 e. The predicted molar refractivity (Wildman–Crippen MR) is 76.8 cm³/mol. The third-order valence-electron chi connectivity index (χ3n) is 3.32. The quantitative estimate of drug-likeness (QED) is 0.695. The van der Waals surface area contributed by atoms with Crippen LogP contribution in [0.15, 0.2) is 48.0 Å². The van der Waals surface area contributed by atoms with Crippen LogP contribution in [0, 0.1) is 17.2 Å². The molecule has 0 radical (unpaired) electrons. The second kappa shape index (κ2) is 7.58. The first-order valence-electron chi connectivity index (χ1n) is 6.58. The zero-order valence-corrected chi connectivity index (χ0v) is 11.7. The molecule has 0 fully saturated rings. The Labute approximate surface area is 115 Å². The summed E-state index contributed by atoms with van der Waals surface area (Å²) in [7, 11) is 2.00. The van der Waals surface area contributed by atoms with E-state index in [9.17, 15) is 4.39 Å². The summed E-state index contributed by atoms with van der Waals surface area (Å²) in [6.45, 7) is 6.53. The topological polar surface area (TPSA) is 27.0 Å². The summed E-state index contributed by atoms with van der Waals surface area (Å²) in [6, 6.07) is 2.20. The Bertz CT molecular complexity index is 452. The smallest absolute Gasteiger partial charge is 0.0996 e. The molecule has 0 aromatic heterocycles. The molecule has 0 saturated carbocycles. The van der Waals surface area contributed by atoms with Gasteiger partial charge in [0.25, 0.3) is 0 Å². The van der Waals surface area contributed by atoms with E-state index in [-0.39, 0.29) is 11.7 Å². The fraction of sp³-hybridized carbons (Fsp3) is 0.438. The summed E-state index contributed by atoms with van der Waals surface area (Å²) in [5, 5.41) is 8.91. The summed E-state index contributed by atoms with van der Waals surface area (Å²) in [6.07, 6.45) is 8.81. The molecule has 2 nitrogen and oxygen atoms in total. The van der Waals surface area contributed by atoms with Crippen molar-refractivity contribution in [3.8, 4) is 6.07 Å². The number of hydrogen-bond acceptors (Lipinski definition) is 2. The number of hydrogen-bond donors (Lipinski definition) is 0. The molecule has 0 spiro atoms. The Morgan fingerprint density at radius 1 is 1.63 bits per heavy atom. The van der Waals surface area contributed by atoms with E-state index < -0.39 is 0 Å². The Morgan fingerprint density at radius 3 is 2.95 bits per heavy atom. The largest absolute Gasteiger partial charge is 0.380 e. The van der Waals surface area contributed by atoms with E-state index in [4.69, 9.17) is 5.26 Å². The number of allylic oxidation sites excluding steroid dienone is 6. The van der Waals surface area contributed by atoms with Gasteiger partial charge >= 0.3 is 0 Å². The van der Waals surface area contributed by atoms with Crippen LogP contribution in [0.4, 0.5) is 4.39 Å². The van der Waals surface area contributed by atoms with Gasteiger partial charge in [-0.25, -0.2) is 4.39 Å². The van der Waals surface area contributed by atoms with Crippen LogP contribution in [0.25, 0.3) is 0 Å². The van der Waals surface area contributed by atoms with Gasteiger partial charge in [-0.1, -0.05) is 25.7 Å². The average Bonchev–Trinajstić information content (AvgIpc) is 2.41. The summed E-state index contributed by atoms with van der Waals surface area (Å²) in [5.41, 5.74) is 2.06. The maximum absolute atomic E-state index is 13.2. The zero-order valence-electron chi connectivity index (χ0n) is 11.7. The minimum atomic E-state index is -0.141. The third-order valence-corrected chi connectivity index (χ3v) is 3.32. The van der Waals surface area contributed by atoms with Crippen LogP contribution in [-0.2, 0) is 0 Å². The van der Waals surface area contributed by atoms with Crippen molar-refractivity contribution >= 4 is 0 Å². The zero-order chi connectivity index (χ0) is 14.3. The Morgan fingerprint density at radius 2 is 2.37 bits per heavy atom. The van der Waals surface area contributed by atoms with Crippen LogP contribution in [-0.4, -0.2) is 18.5 Å². The van der Waals surface area contributed by atoms with Crippen LogP contribution in [0.5, 0.6) is 0 Å². The molecule has 102 valence electrons. The molecule has 0 saturated heterocycles. The summed E-state index contributed by atoms with van der Waals surface area (Å²) in [4.78, 5) is 2.09. The van der Waals surface area contributed by atoms with Crippen molar-refractivity contribution < 1.29 is 4.39 Å². The number of nitrogens with zero attached hydrogens (tertiary/aromatic N) is 2. The van der Waals surface area contributed by atoms with Gasteiger partial charge < -0.3 is 4.90 Å². The first-order chi connectivity index (χ1) is 9.12. The molecule has 0 aliphatic carbocycles. The molecule has 0 aromatic rings. The monoisotopic (exact) mass is 260 g/mol. The number of rotatable bonds is 5. The average molecular weight is 260 g/mol. The van der Waals surface area contributed by atoms with Crippen molar-refractivity contribution in [3.05, 3.63) is 48.0 Å². The van der Waals surface area contributed by atoms with Crippen molar-refractivity contribution in [1.29, 1.82) is 5.26 Å². The van der Waals surface area contributed by atoms with Crippen molar-refractivity contribution in [1.82, 2.24) is 4.90 Å². The highest BCUT2D eigenvalue weighted by atomic mass is 19.1. The molecule has 1 aliphatic rings. The molecule has 0 amide bonds. The number of nitriles is 1. The van der Waals surface area contributed by atoms with E-state index in [2.05, 4.69) is 17.5 Å².